The Morgan fingerprint density at radius 1 is 1.57 bits per heavy atom. The van der Waals surface area contributed by atoms with Crippen LogP contribution in [0.5, 0.6) is 0 Å². The summed E-state index contributed by atoms with van der Waals surface area (Å²) in [6, 6.07) is 0. The van der Waals surface area contributed by atoms with Crippen LogP contribution in [0.2, 0.25) is 0 Å². The molecule has 0 aliphatic carbocycles. The van der Waals surface area contributed by atoms with Crippen molar-refractivity contribution < 1.29 is 9.90 Å². The molecule has 1 amide bonds. The van der Waals surface area contributed by atoms with Crippen LogP contribution in [0, 0.1) is 5.92 Å². The normalized spacial score (nSPS) is 14.9. The Kier molecular flexibility index (Phi) is 7.99. The van der Waals surface area contributed by atoms with Crippen molar-refractivity contribution in [2.45, 2.75) is 31.9 Å². The maximum absolute atomic E-state index is 11.5. The van der Waals surface area contributed by atoms with E-state index in [4.69, 9.17) is 5.11 Å². The summed E-state index contributed by atoms with van der Waals surface area (Å²) in [6.07, 6.45) is 3.56. The molecule has 0 aromatic heterocycles. The molecule has 2 N–H and O–H groups in total. The van der Waals surface area contributed by atoms with E-state index in [0.717, 1.165) is 12.8 Å². The maximum Gasteiger partial charge on any atom is 0.233 e. The van der Waals surface area contributed by atoms with E-state index in [1.165, 1.54) is 0 Å². The molecule has 0 aliphatic rings. The fourth-order valence-corrected chi connectivity index (χ4v) is 1.80. The molecular formula is C10H21NO2S. The number of carbonyl (C=O) groups is 1. The summed E-state index contributed by atoms with van der Waals surface area (Å²) in [4.78, 5) is 11.5. The Hall–Kier alpha value is -0.220. The van der Waals surface area contributed by atoms with Gasteiger partial charge in [-0.2, -0.15) is 11.8 Å². The van der Waals surface area contributed by atoms with Crippen molar-refractivity contribution in [1.82, 2.24) is 5.32 Å². The van der Waals surface area contributed by atoms with E-state index in [0.29, 0.717) is 12.5 Å². The SMILES string of the molecule is CCC(SC)C(=O)NCC(C)CCO. The summed E-state index contributed by atoms with van der Waals surface area (Å²) in [5, 5.41) is 11.7. The van der Waals surface area contributed by atoms with Gasteiger partial charge in [0.15, 0.2) is 0 Å². The molecule has 14 heavy (non-hydrogen) atoms. The Morgan fingerprint density at radius 2 is 2.21 bits per heavy atom. The predicted molar refractivity (Wildman–Crippen MR) is 61.5 cm³/mol. The highest BCUT2D eigenvalue weighted by atomic mass is 32.2. The van der Waals surface area contributed by atoms with Crippen LogP contribution in [0.25, 0.3) is 0 Å². The number of rotatable bonds is 7. The monoisotopic (exact) mass is 219 g/mol. The number of carbonyl (C=O) groups excluding carboxylic acids is 1. The fraction of sp³-hybridized carbons (Fsp3) is 0.900. The van der Waals surface area contributed by atoms with Crippen molar-refractivity contribution in [2.24, 2.45) is 5.92 Å². The van der Waals surface area contributed by atoms with E-state index in [1.54, 1.807) is 11.8 Å². The molecule has 84 valence electrons. The standard InChI is InChI=1S/C10H21NO2S/c1-4-9(14-3)10(13)11-7-8(2)5-6-12/h8-9,12H,4-7H2,1-3H3,(H,11,13). The molecule has 0 heterocycles. The number of amides is 1. The molecule has 0 bridgehead atoms. The minimum absolute atomic E-state index is 0.0660. The van der Waals surface area contributed by atoms with Gasteiger partial charge in [-0.25, -0.2) is 0 Å². The van der Waals surface area contributed by atoms with Crippen LogP contribution in [0.4, 0.5) is 0 Å². The molecule has 0 aliphatic heterocycles. The van der Waals surface area contributed by atoms with Crippen LogP contribution >= 0.6 is 11.8 Å². The van der Waals surface area contributed by atoms with E-state index < -0.39 is 0 Å². The van der Waals surface area contributed by atoms with E-state index in [9.17, 15) is 4.79 Å². The van der Waals surface area contributed by atoms with Gasteiger partial charge in [0.05, 0.1) is 5.25 Å². The Balaban J connectivity index is 3.71. The first-order valence-electron chi connectivity index (χ1n) is 5.07. The minimum atomic E-state index is 0.0660. The van der Waals surface area contributed by atoms with Gasteiger partial charge in [-0.1, -0.05) is 13.8 Å². The first-order chi connectivity index (χ1) is 6.65. The second-order valence-corrected chi connectivity index (χ2v) is 4.54. The first-order valence-corrected chi connectivity index (χ1v) is 6.35. The highest BCUT2D eigenvalue weighted by Crippen LogP contribution is 2.10. The molecule has 2 unspecified atom stereocenters. The zero-order valence-electron chi connectivity index (χ0n) is 9.25. The lowest BCUT2D eigenvalue weighted by molar-refractivity contribution is -0.120. The van der Waals surface area contributed by atoms with Gasteiger partial charge in [0.2, 0.25) is 5.91 Å². The average molecular weight is 219 g/mol. The molecule has 4 heteroatoms. The molecule has 0 aromatic rings. The molecule has 0 aromatic carbocycles. The Morgan fingerprint density at radius 3 is 2.64 bits per heavy atom. The lowest BCUT2D eigenvalue weighted by Gasteiger charge is -2.15. The van der Waals surface area contributed by atoms with Crippen molar-refractivity contribution >= 4 is 17.7 Å². The van der Waals surface area contributed by atoms with Crippen molar-refractivity contribution in [2.75, 3.05) is 19.4 Å². The smallest absolute Gasteiger partial charge is 0.233 e. The van der Waals surface area contributed by atoms with Gasteiger partial charge in [-0.05, 0) is 25.0 Å². The van der Waals surface area contributed by atoms with E-state index >= 15 is 0 Å². The van der Waals surface area contributed by atoms with Crippen LogP contribution in [0.3, 0.4) is 0 Å². The molecule has 3 nitrogen and oxygen atoms in total. The summed E-state index contributed by atoms with van der Waals surface area (Å²) in [7, 11) is 0. The van der Waals surface area contributed by atoms with Gasteiger partial charge in [-0.15, -0.1) is 0 Å². The zero-order valence-corrected chi connectivity index (χ0v) is 10.1. The van der Waals surface area contributed by atoms with Gasteiger partial charge in [-0.3, -0.25) is 4.79 Å². The van der Waals surface area contributed by atoms with Gasteiger partial charge in [0, 0.05) is 13.2 Å². The molecule has 2 atom stereocenters. The lowest BCUT2D eigenvalue weighted by Crippen LogP contribution is -2.35. The minimum Gasteiger partial charge on any atom is -0.396 e. The molecule has 0 saturated carbocycles. The summed E-state index contributed by atoms with van der Waals surface area (Å²) in [6.45, 7) is 4.89. The van der Waals surface area contributed by atoms with E-state index in [1.807, 2.05) is 20.1 Å². The van der Waals surface area contributed by atoms with Crippen LogP contribution in [-0.4, -0.2) is 35.7 Å². The van der Waals surface area contributed by atoms with Crippen LogP contribution in [0.1, 0.15) is 26.7 Å². The number of aliphatic hydroxyl groups is 1. The third kappa shape index (κ3) is 5.50. The second-order valence-electron chi connectivity index (χ2n) is 3.50. The highest BCUT2D eigenvalue weighted by Gasteiger charge is 2.14. The molecule has 0 rings (SSSR count). The molecule has 0 radical (unpaired) electrons. The first kappa shape index (κ1) is 13.8. The average Bonchev–Trinajstić information content (AvgIpc) is 2.17. The third-order valence-electron chi connectivity index (χ3n) is 2.19. The molecular weight excluding hydrogens is 198 g/mol. The lowest BCUT2D eigenvalue weighted by atomic mass is 10.1. The Labute approximate surface area is 90.7 Å². The number of hydrogen-bond acceptors (Lipinski definition) is 3. The van der Waals surface area contributed by atoms with Crippen molar-refractivity contribution in [1.29, 1.82) is 0 Å². The Bertz CT molecular complexity index is 160. The predicted octanol–water partition coefficient (Wildman–Crippen LogP) is 1.26. The van der Waals surface area contributed by atoms with Gasteiger partial charge < -0.3 is 10.4 Å². The topological polar surface area (TPSA) is 49.3 Å². The van der Waals surface area contributed by atoms with Crippen molar-refractivity contribution in [3.05, 3.63) is 0 Å². The van der Waals surface area contributed by atoms with E-state index in [2.05, 4.69) is 5.32 Å². The quantitative estimate of drug-likeness (QED) is 0.678. The van der Waals surface area contributed by atoms with Crippen molar-refractivity contribution in [3.63, 3.8) is 0 Å². The van der Waals surface area contributed by atoms with E-state index in [-0.39, 0.29) is 17.8 Å². The maximum atomic E-state index is 11.5. The molecule has 0 spiro atoms. The van der Waals surface area contributed by atoms with Gasteiger partial charge >= 0.3 is 0 Å². The molecule has 0 saturated heterocycles. The summed E-state index contributed by atoms with van der Waals surface area (Å²) in [5.74, 6) is 0.466. The fourth-order valence-electron chi connectivity index (χ4n) is 1.17. The van der Waals surface area contributed by atoms with Gasteiger partial charge in [0.1, 0.15) is 0 Å². The van der Waals surface area contributed by atoms with Crippen LogP contribution in [-0.2, 0) is 4.79 Å². The molecule has 0 fully saturated rings. The summed E-state index contributed by atoms with van der Waals surface area (Å²) in [5.41, 5.74) is 0. The zero-order chi connectivity index (χ0) is 11.0. The largest absolute Gasteiger partial charge is 0.396 e. The second kappa shape index (κ2) is 8.12. The number of hydrogen-bond donors (Lipinski definition) is 2. The summed E-state index contributed by atoms with van der Waals surface area (Å²) < 4.78 is 0. The number of aliphatic hydroxyl groups excluding tert-OH is 1. The number of nitrogens with one attached hydrogen (secondary N) is 1. The van der Waals surface area contributed by atoms with Gasteiger partial charge in [0.25, 0.3) is 0 Å². The third-order valence-corrected chi connectivity index (χ3v) is 3.31. The van der Waals surface area contributed by atoms with Crippen LogP contribution in [0.15, 0.2) is 0 Å². The highest BCUT2D eigenvalue weighted by molar-refractivity contribution is 7.99. The van der Waals surface area contributed by atoms with Crippen LogP contribution < -0.4 is 5.32 Å². The number of thioether (sulfide) groups is 1. The van der Waals surface area contributed by atoms with Crippen molar-refractivity contribution in [3.8, 4) is 0 Å². The summed E-state index contributed by atoms with van der Waals surface area (Å²) >= 11 is 1.58.